The summed E-state index contributed by atoms with van der Waals surface area (Å²) in [5.74, 6) is 0. The lowest BCUT2D eigenvalue weighted by molar-refractivity contribution is 0.539. The van der Waals surface area contributed by atoms with Gasteiger partial charge in [-0.25, -0.2) is 13.1 Å². The first kappa shape index (κ1) is 18.4. The summed E-state index contributed by atoms with van der Waals surface area (Å²) >= 11 is 0. The van der Waals surface area contributed by atoms with Crippen molar-refractivity contribution in [2.75, 3.05) is 13.1 Å². The second-order valence-corrected chi connectivity index (χ2v) is 7.41. The molecule has 1 aromatic carbocycles. The number of halogens is 1. The fourth-order valence-corrected chi connectivity index (χ4v) is 4.53. The fourth-order valence-electron chi connectivity index (χ4n) is 3.03. The fraction of sp³-hybridized carbons (Fsp3) is 0.600. The third kappa shape index (κ3) is 4.68. The lowest BCUT2D eigenvalue weighted by Gasteiger charge is -2.14. The van der Waals surface area contributed by atoms with Crippen LogP contribution in [0.2, 0.25) is 0 Å². The van der Waals surface area contributed by atoms with Gasteiger partial charge in [-0.2, -0.15) is 0 Å². The van der Waals surface area contributed by atoms with Gasteiger partial charge in [-0.05, 0) is 57.7 Å². The molecule has 6 heteroatoms. The minimum absolute atomic E-state index is 0. The number of benzene rings is 1. The first-order valence-electron chi connectivity index (χ1n) is 7.21. The van der Waals surface area contributed by atoms with Crippen LogP contribution < -0.4 is 10.0 Å². The molecule has 0 unspecified atom stereocenters. The molecule has 2 N–H and O–H groups in total. The molecule has 0 bridgehead atoms. The monoisotopic (exact) mass is 332 g/mol. The quantitative estimate of drug-likeness (QED) is 0.870. The summed E-state index contributed by atoms with van der Waals surface area (Å²) in [6.45, 7) is 7.23. The highest BCUT2D eigenvalue weighted by molar-refractivity contribution is 7.89. The molecule has 21 heavy (non-hydrogen) atoms. The van der Waals surface area contributed by atoms with E-state index in [0.717, 1.165) is 36.1 Å². The van der Waals surface area contributed by atoms with E-state index >= 15 is 0 Å². The number of sulfonamides is 1. The van der Waals surface area contributed by atoms with Crippen LogP contribution in [-0.2, 0) is 10.0 Å². The van der Waals surface area contributed by atoms with Crippen molar-refractivity contribution in [3.8, 4) is 0 Å². The van der Waals surface area contributed by atoms with Gasteiger partial charge < -0.3 is 5.32 Å². The number of nitrogens with one attached hydrogen (secondary N) is 2. The maximum Gasteiger partial charge on any atom is 0.241 e. The summed E-state index contributed by atoms with van der Waals surface area (Å²) in [6.07, 6.45) is 3.18. The van der Waals surface area contributed by atoms with Crippen molar-refractivity contribution >= 4 is 22.4 Å². The van der Waals surface area contributed by atoms with Crippen molar-refractivity contribution in [2.24, 2.45) is 0 Å². The van der Waals surface area contributed by atoms with Crippen LogP contribution in [-0.4, -0.2) is 27.5 Å². The third-order valence-electron chi connectivity index (χ3n) is 3.82. The van der Waals surface area contributed by atoms with E-state index < -0.39 is 10.0 Å². The highest BCUT2D eigenvalue weighted by atomic mass is 35.5. The molecular weight excluding hydrogens is 308 g/mol. The summed E-state index contributed by atoms with van der Waals surface area (Å²) in [7, 11) is -3.41. The Bertz CT molecular complexity index is 558. The lowest BCUT2D eigenvalue weighted by atomic mass is 10.1. The van der Waals surface area contributed by atoms with Gasteiger partial charge in [-0.3, -0.25) is 0 Å². The van der Waals surface area contributed by atoms with Crippen LogP contribution in [0.5, 0.6) is 0 Å². The Morgan fingerprint density at radius 3 is 2.38 bits per heavy atom. The van der Waals surface area contributed by atoms with E-state index in [9.17, 15) is 8.42 Å². The van der Waals surface area contributed by atoms with E-state index in [4.69, 9.17) is 0 Å². The molecule has 0 radical (unpaired) electrons. The van der Waals surface area contributed by atoms with E-state index in [-0.39, 0.29) is 12.4 Å². The Kier molecular flexibility index (Phi) is 6.66. The van der Waals surface area contributed by atoms with Crippen molar-refractivity contribution in [3.63, 3.8) is 0 Å². The molecule has 0 amide bonds. The van der Waals surface area contributed by atoms with Gasteiger partial charge in [0, 0.05) is 12.6 Å². The summed E-state index contributed by atoms with van der Waals surface area (Å²) in [4.78, 5) is 0.433. The van der Waals surface area contributed by atoms with Crippen LogP contribution in [0.1, 0.15) is 36.0 Å². The minimum Gasteiger partial charge on any atom is -0.314 e. The number of hydrogen-bond acceptors (Lipinski definition) is 3. The van der Waals surface area contributed by atoms with Gasteiger partial charge in [-0.15, -0.1) is 12.4 Å². The van der Waals surface area contributed by atoms with Crippen molar-refractivity contribution in [1.29, 1.82) is 0 Å². The molecule has 1 atom stereocenters. The van der Waals surface area contributed by atoms with Crippen LogP contribution in [0.3, 0.4) is 0 Å². The maximum atomic E-state index is 12.4. The van der Waals surface area contributed by atoms with E-state index in [2.05, 4.69) is 10.0 Å². The highest BCUT2D eigenvalue weighted by Crippen LogP contribution is 2.21. The smallest absolute Gasteiger partial charge is 0.241 e. The van der Waals surface area contributed by atoms with Crippen LogP contribution >= 0.6 is 12.4 Å². The Balaban J connectivity index is 0.00000220. The number of hydrogen-bond donors (Lipinski definition) is 2. The SMILES string of the molecule is Cc1cc(C)c(S(=O)(=O)NCC[C@H]2CCCN2)c(C)c1.Cl. The van der Waals surface area contributed by atoms with Crippen molar-refractivity contribution in [2.45, 2.75) is 51.0 Å². The average Bonchev–Trinajstić information content (AvgIpc) is 2.79. The van der Waals surface area contributed by atoms with Gasteiger partial charge in [0.25, 0.3) is 0 Å². The van der Waals surface area contributed by atoms with Gasteiger partial charge in [0.05, 0.1) is 4.90 Å². The van der Waals surface area contributed by atoms with E-state index in [1.807, 2.05) is 32.9 Å². The first-order chi connectivity index (χ1) is 9.40. The van der Waals surface area contributed by atoms with Gasteiger partial charge >= 0.3 is 0 Å². The molecule has 0 saturated carbocycles. The highest BCUT2D eigenvalue weighted by Gasteiger charge is 2.20. The molecular formula is C15H25ClN2O2S. The lowest BCUT2D eigenvalue weighted by Crippen LogP contribution is -2.31. The minimum atomic E-state index is -3.41. The topological polar surface area (TPSA) is 58.2 Å². The van der Waals surface area contributed by atoms with Crippen LogP contribution in [0, 0.1) is 20.8 Å². The van der Waals surface area contributed by atoms with Gasteiger partial charge in [0.15, 0.2) is 0 Å². The van der Waals surface area contributed by atoms with Crippen molar-refractivity contribution in [1.82, 2.24) is 10.0 Å². The van der Waals surface area contributed by atoms with Crippen LogP contribution in [0.25, 0.3) is 0 Å². The largest absolute Gasteiger partial charge is 0.314 e. The molecule has 0 aromatic heterocycles. The van der Waals surface area contributed by atoms with Gasteiger partial charge in [0.2, 0.25) is 10.0 Å². The summed E-state index contributed by atoms with van der Waals surface area (Å²) in [5.41, 5.74) is 2.72. The first-order valence-corrected chi connectivity index (χ1v) is 8.69. The number of rotatable bonds is 5. The molecule has 0 spiro atoms. The van der Waals surface area contributed by atoms with Gasteiger partial charge in [-0.1, -0.05) is 17.7 Å². The third-order valence-corrected chi connectivity index (χ3v) is 5.59. The van der Waals surface area contributed by atoms with Crippen LogP contribution in [0.4, 0.5) is 0 Å². The molecule has 0 aliphatic carbocycles. The predicted molar refractivity (Wildman–Crippen MR) is 88.7 cm³/mol. The number of aryl methyl sites for hydroxylation is 3. The predicted octanol–water partition coefficient (Wildman–Crippen LogP) is 2.45. The molecule has 4 nitrogen and oxygen atoms in total. The zero-order valence-corrected chi connectivity index (χ0v) is 14.5. The Hall–Kier alpha value is -0.620. The molecule has 120 valence electrons. The molecule has 1 aliphatic rings. The summed E-state index contributed by atoms with van der Waals surface area (Å²) < 4.78 is 27.6. The molecule has 1 heterocycles. The average molecular weight is 333 g/mol. The Morgan fingerprint density at radius 1 is 1.24 bits per heavy atom. The Labute approximate surface area is 134 Å². The van der Waals surface area contributed by atoms with E-state index in [0.29, 0.717) is 17.5 Å². The zero-order valence-electron chi connectivity index (χ0n) is 12.9. The second-order valence-electron chi connectivity index (χ2n) is 5.71. The molecule has 1 aromatic rings. The molecule has 1 saturated heterocycles. The molecule has 1 fully saturated rings. The van der Waals surface area contributed by atoms with Crippen LogP contribution in [0.15, 0.2) is 17.0 Å². The summed E-state index contributed by atoms with van der Waals surface area (Å²) in [6, 6.07) is 4.29. The molecule has 2 rings (SSSR count). The van der Waals surface area contributed by atoms with E-state index in [1.165, 1.54) is 6.42 Å². The van der Waals surface area contributed by atoms with Crippen molar-refractivity contribution < 1.29 is 8.42 Å². The maximum absolute atomic E-state index is 12.4. The Morgan fingerprint density at radius 2 is 1.86 bits per heavy atom. The molecule has 1 aliphatic heterocycles. The zero-order chi connectivity index (χ0) is 14.8. The normalized spacial score (nSPS) is 18.5. The summed E-state index contributed by atoms with van der Waals surface area (Å²) in [5, 5.41) is 3.38. The second kappa shape index (κ2) is 7.58. The van der Waals surface area contributed by atoms with E-state index in [1.54, 1.807) is 0 Å². The van der Waals surface area contributed by atoms with Crippen molar-refractivity contribution in [3.05, 3.63) is 28.8 Å². The standard InChI is InChI=1S/C15H24N2O2S.ClH/c1-11-9-12(2)15(13(3)10-11)20(18,19)17-8-6-14-5-4-7-16-14;/h9-10,14,16-17H,4-8H2,1-3H3;1H/t14-;/m1./s1. The van der Waals surface area contributed by atoms with Gasteiger partial charge in [0.1, 0.15) is 0 Å².